The Bertz CT molecular complexity index is 608. The lowest BCUT2D eigenvalue weighted by atomic mass is 10.1. The number of carbonyl (C=O) groups is 1. The molecule has 1 fully saturated rings. The van der Waals surface area contributed by atoms with Gasteiger partial charge in [-0.1, -0.05) is 11.6 Å². The van der Waals surface area contributed by atoms with Gasteiger partial charge in [-0.3, -0.25) is 4.79 Å². The topological polar surface area (TPSA) is 71.0 Å². The molecular formula is C17H23ClN2O4. The summed E-state index contributed by atoms with van der Waals surface area (Å²) in [5.41, 5.74) is 0.962. The summed E-state index contributed by atoms with van der Waals surface area (Å²) in [5, 5.41) is 13.5. The molecule has 1 aromatic carbocycles. The maximum Gasteiger partial charge on any atom is 0.231 e. The number of hydrogen-bond donors (Lipinski definition) is 2. The van der Waals surface area contributed by atoms with Gasteiger partial charge in [0.2, 0.25) is 12.7 Å². The van der Waals surface area contributed by atoms with Crippen LogP contribution in [0.25, 0.3) is 0 Å². The van der Waals surface area contributed by atoms with Crippen molar-refractivity contribution < 1.29 is 19.4 Å². The van der Waals surface area contributed by atoms with Crippen LogP contribution in [-0.2, 0) is 11.3 Å². The Labute approximate surface area is 146 Å². The number of carbonyl (C=O) groups excluding carboxylic acids is 1. The first-order valence-electron chi connectivity index (χ1n) is 8.31. The Morgan fingerprint density at radius 3 is 2.92 bits per heavy atom. The highest BCUT2D eigenvalue weighted by Crippen LogP contribution is 2.36. The molecule has 0 aliphatic carbocycles. The van der Waals surface area contributed by atoms with Crippen LogP contribution in [0.1, 0.15) is 31.7 Å². The number of nitrogens with zero attached hydrogens (tertiary/aromatic N) is 1. The van der Waals surface area contributed by atoms with Crippen LogP contribution in [0.5, 0.6) is 11.5 Å². The Kier molecular flexibility index (Phi) is 5.48. The molecule has 6 nitrogen and oxygen atoms in total. The number of ether oxygens (including phenoxy) is 2. The molecule has 0 spiro atoms. The van der Waals surface area contributed by atoms with Crippen molar-refractivity contribution in [2.45, 2.75) is 44.9 Å². The van der Waals surface area contributed by atoms with Crippen molar-refractivity contribution in [2.24, 2.45) is 0 Å². The van der Waals surface area contributed by atoms with Gasteiger partial charge in [0.15, 0.2) is 11.5 Å². The van der Waals surface area contributed by atoms with Crippen LogP contribution in [0.15, 0.2) is 12.1 Å². The molecule has 0 radical (unpaired) electrons. The summed E-state index contributed by atoms with van der Waals surface area (Å²) < 4.78 is 10.7. The van der Waals surface area contributed by atoms with E-state index < -0.39 is 6.10 Å². The molecule has 2 aliphatic heterocycles. The number of nitrogens with one attached hydrogen (secondary N) is 1. The lowest BCUT2D eigenvalue weighted by molar-refractivity contribution is -0.130. The van der Waals surface area contributed by atoms with Gasteiger partial charge >= 0.3 is 0 Å². The molecule has 2 N–H and O–H groups in total. The number of β-amino-alcohol motifs (C(OH)–C–C–N with tert-alkyl or cyclic N) is 1. The highest BCUT2D eigenvalue weighted by atomic mass is 35.5. The SMILES string of the molecule is C[C@@H](O)CN1C(=O)CC[C@@H]1CCNCc1cc2c(cc1Cl)OCO2. The number of rotatable bonds is 7. The third-order valence-corrected chi connectivity index (χ3v) is 4.78. The molecule has 24 heavy (non-hydrogen) atoms. The van der Waals surface area contributed by atoms with Gasteiger partial charge in [0.05, 0.1) is 6.10 Å². The summed E-state index contributed by atoms with van der Waals surface area (Å²) in [6.07, 6.45) is 1.80. The maximum atomic E-state index is 11.9. The largest absolute Gasteiger partial charge is 0.454 e. The summed E-state index contributed by atoms with van der Waals surface area (Å²) in [6, 6.07) is 3.88. The van der Waals surface area contributed by atoms with Crippen molar-refractivity contribution in [3.8, 4) is 11.5 Å². The normalized spacial score (nSPS) is 20.7. The number of hydrogen-bond acceptors (Lipinski definition) is 5. The minimum Gasteiger partial charge on any atom is -0.454 e. The molecule has 132 valence electrons. The maximum absolute atomic E-state index is 11.9. The van der Waals surface area contributed by atoms with Crippen molar-refractivity contribution in [1.29, 1.82) is 0 Å². The Hall–Kier alpha value is -1.50. The molecule has 0 aromatic heterocycles. The van der Waals surface area contributed by atoms with E-state index in [2.05, 4.69) is 5.32 Å². The Morgan fingerprint density at radius 2 is 2.17 bits per heavy atom. The molecular weight excluding hydrogens is 332 g/mol. The van der Waals surface area contributed by atoms with E-state index in [4.69, 9.17) is 21.1 Å². The first kappa shape index (κ1) is 17.3. The number of benzene rings is 1. The van der Waals surface area contributed by atoms with Gasteiger partial charge in [-0.25, -0.2) is 0 Å². The first-order valence-corrected chi connectivity index (χ1v) is 8.68. The first-order chi connectivity index (χ1) is 11.5. The third kappa shape index (κ3) is 3.94. The van der Waals surface area contributed by atoms with Crippen LogP contribution in [0.3, 0.4) is 0 Å². The second-order valence-electron chi connectivity index (χ2n) is 6.35. The number of amides is 1. The second kappa shape index (κ2) is 7.59. The van der Waals surface area contributed by atoms with Crippen molar-refractivity contribution in [3.63, 3.8) is 0 Å². The van der Waals surface area contributed by atoms with Gasteiger partial charge < -0.3 is 24.8 Å². The van der Waals surface area contributed by atoms with Gasteiger partial charge in [0.25, 0.3) is 0 Å². The standard InChI is InChI=1S/C17H23ClN2O4/c1-11(21)9-20-13(2-3-17(20)22)4-5-19-8-12-6-15-16(7-14(12)18)24-10-23-15/h6-7,11,13,19,21H,2-5,8-10H2,1H3/t11-,13-/m1/s1. The van der Waals surface area contributed by atoms with Crippen molar-refractivity contribution in [2.75, 3.05) is 19.9 Å². The summed E-state index contributed by atoms with van der Waals surface area (Å²) in [6.45, 7) is 3.77. The fraction of sp³-hybridized carbons (Fsp3) is 0.588. The van der Waals surface area contributed by atoms with E-state index in [0.29, 0.717) is 30.3 Å². The fourth-order valence-corrected chi connectivity index (χ4v) is 3.44. The number of aliphatic hydroxyl groups excluding tert-OH is 1. The van der Waals surface area contributed by atoms with Crippen LogP contribution in [0, 0.1) is 0 Å². The van der Waals surface area contributed by atoms with E-state index in [1.165, 1.54) is 0 Å². The molecule has 2 aliphatic rings. The minimum absolute atomic E-state index is 0.139. The monoisotopic (exact) mass is 354 g/mol. The number of fused-ring (bicyclic) bond motifs is 1. The quantitative estimate of drug-likeness (QED) is 0.732. The van der Waals surface area contributed by atoms with Crippen molar-refractivity contribution >= 4 is 17.5 Å². The van der Waals surface area contributed by atoms with Gasteiger partial charge in [0.1, 0.15) is 0 Å². The molecule has 2 heterocycles. The minimum atomic E-state index is -0.491. The highest BCUT2D eigenvalue weighted by molar-refractivity contribution is 6.31. The van der Waals surface area contributed by atoms with E-state index in [-0.39, 0.29) is 18.7 Å². The fourth-order valence-electron chi connectivity index (χ4n) is 3.22. The van der Waals surface area contributed by atoms with E-state index >= 15 is 0 Å². The average molecular weight is 355 g/mol. The van der Waals surface area contributed by atoms with Crippen LogP contribution >= 0.6 is 11.6 Å². The van der Waals surface area contributed by atoms with Gasteiger partial charge in [-0.2, -0.15) is 0 Å². The van der Waals surface area contributed by atoms with Gasteiger partial charge in [-0.05, 0) is 37.9 Å². The summed E-state index contributed by atoms with van der Waals surface area (Å²) in [7, 11) is 0. The molecule has 1 aromatic rings. The number of likely N-dealkylation sites (tertiary alicyclic amines) is 1. The van der Waals surface area contributed by atoms with E-state index in [1.807, 2.05) is 6.07 Å². The molecule has 7 heteroatoms. The van der Waals surface area contributed by atoms with Gasteiger partial charge in [0, 0.05) is 36.6 Å². The summed E-state index contributed by atoms with van der Waals surface area (Å²) >= 11 is 6.26. The smallest absolute Gasteiger partial charge is 0.231 e. The summed E-state index contributed by atoms with van der Waals surface area (Å²) in [4.78, 5) is 13.7. The third-order valence-electron chi connectivity index (χ3n) is 4.42. The lowest BCUT2D eigenvalue weighted by Gasteiger charge is -2.26. The summed E-state index contributed by atoms with van der Waals surface area (Å²) in [5.74, 6) is 1.54. The number of aliphatic hydroxyl groups is 1. The Morgan fingerprint density at radius 1 is 1.42 bits per heavy atom. The van der Waals surface area contributed by atoms with Gasteiger partial charge in [-0.15, -0.1) is 0 Å². The van der Waals surface area contributed by atoms with Crippen molar-refractivity contribution in [1.82, 2.24) is 10.2 Å². The molecule has 0 unspecified atom stereocenters. The van der Waals surface area contributed by atoms with Crippen LogP contribution in [0.2, 0.25) is 5.02 Å². The van der Waals surface area contributed by atoms with E-state index in [9.17, 15) is 9.90 Å². The molecule has 1 saturated heterocycles. The van der Waals surface area contributed by atoms with Crippen LogP contribution in [-0.4, -0.2) is 47.9 Å². The second-order valence-corrected chi connectivity index (χ2v) is 6.76. The van der Waals surface area contributed by atoms with E-state index in [1.54, 1.807) is 17.9 Å². The lowest BCUT2D eigenvalue weighted by Crippen LogP contribution is -2.39. The predicted molar refractivity (Wildman–Crippen MR) is 90.3 cm³/mol. The van der Waals surface area contributed by atoms with Crippen LogP contribution < -0.4 is 14.8 Å². The van der Waals surface area contributed by atoms with Crippen LogP contribution in [0.4, 0.5) is 0 Å². The molecule has 0 saturated carbocycles. The molecule has 0 bridgehead atoms. The zero-order chi connectivity index (χ0) is 17.1. The Balaban J connectivity index is 1.48. The van der Waals surface area contributed by atoms with E-state index in [0.717, 1.165) is 30.7 Å². The van der Waals surface area contributed by atoms with Crippen molar-refractivity contribution in [3.05, 3.63) is 22.7 Å². The highest BCUT2D eigenvalue weighted by Gasteiger charge is 2.30. The molecule has 3 rings (SSSR count). The molecule has 2 atom stereocenters. The molecule has 1 amide bonds. The number of halogens is 1. The zero-order valence-corrected chi connectivity index (χ0v) is 14.5. The average Bonchev–Trinajstić information content (AvgIpc) is 3.11. The zero-order valence-electron chi connectivity index (χ0n) is 13.8. The predicted octanol–water partition coefficient (Wildman–Crippen LogP) is 1.92.